The average Bonchev–Trinajstić information content (AvgIpc) is 2.66. The number of halogens is 2. The highest BCUT2D eigenvalue weighted by molar-refractivity contribution is 14.0. The smallest absolute Gasteiger partial charge is 0.191 e. The van der Waals surface area contributed by atoms with Crippen LogP contribution < -0.4 is 15.4 Å². The van der Waals surface area contributed by atoms with Crippen LogP contribution >= 0.6 is 24.0 Å². The lowest BCUT2D eigenvalue weighted by Crippen LogP contribution is -2.36. The number of rotatable bonds is 8. The Balaban J connectivity index is 0.00000392. The Hall–Kier alpha value is -1.87. The van der Waals surface area contributed by atoms with Crippen LogP contribution in [0.25, 0.3) is 0 Å². The van der Waals surface area contributed by atoms with E-state index in [9.17, 15) is 4.39 Å². The zero-order valence-corrected chi connectivity index (χ0v) is 19.3. The molecule has 0 aliphatic rings. The normalized spacial score (nSPS) is 11.1. The summed E-state index contributed by atoms with van der Waals surface area (Å²) in [4.78, 5) is 6.57. The van der Waals surface area contributed by atoms with E-state index in [-0.39, 0.29) is 29.8 Å². The van der Waals surface area contributed by atoms with Crippen LogP contribution in [-0.4, -0.2) is 38.6 Å². The summed E-state index contributed by atoms with van der Waals surface area (Å²) in [7, 11) is 5.52. The third-order valence-corrected chi connectivity index (χ3v) is 4.00. The van der Waals surface area contributed by atoms with Gasteiger partial charge >= 0.3 is 0 Å². The second-order valence-electron chi connectivity index (χ2n) is 6.52. The van der Waals surface area contributed by atoms with Crippen molar-refractivity contribution in [1.29, 1.82) is 0 Å². The summed E-state index contributed by atoms with van der Waals surface area (Å²) in [5.41, 5.74) is 2.71. The van der Waals surface area contributed by atoms with E-state index in [0.29, 0.717) is 31.2 Å². The van der Waals surface area contributed by atoms with Crippen molar-refractivity contribution >= 4 is 29.9 Å². The third kappa shape index (κ3) is 7.63. The van der Waals surface area contributed by atoms with Gasteiger partial charge in [-0.1, -0.05) is 24.3 Å². The van der Waals surface area contributed by atoms with Crippen molar-refractivity contribution in [2.75, 3.05) is 27.7 Å². The monoisotopic (exact) mass is 500 g/mol. The van der Waals surface area contributed by atoms with Gasteiger partial charge in [0, 0.05) is 30.8 Å². The SMILES string of the molecule is CCNC(=NCc1ccc(F)c(CN(C)C)c1)NCc1ccccc1OC.I. The van der Waals surface area contributed by atoms with Crippen LogP contribution in [0.1, 0.15) is 23.6 Å². The van der Waals surface area contributed by atoms with E-state index < -0.39 is 0 Å². The Kier molecular flexibility index (Phi) is 10.8. The van der Waals surface area contributed by atoms with E-state index in [2.05, 4.69) is 15.6 Å². The molecule has 2 rings (SSSR count). The first-order valence-corrected chi connectivity index (χ1v) is 9.09. The molecule has 5 nitrogen and oxygen atoms in total. The fourth-order valence-electron chi connectivity index (χ4n) is 2.73. The largest absolute Gasteiger partial charge is 0.496 e. The van der Waals surface area contributed by atoms with Crippen LogP contribution in [0.4, 0.5) is 4.39 Å². The molecule has 0 radical (unpaired) electrons. The second-order valence-corrected chi connectivity index (χ2v) is 6.52. The minimum absolute atomic E-state index is 0. The molecule has 0 aliphatic heterocycles. The number of nitrogens with zero attached hydrogens (tertiary/aromatic N) is 2. The molecule has 28 heavy (non-hydrogen) atoms. The molecule has 154 valence electrons. The van der Waals surface area contributed by atoms with E-state index in [1.807, 2.05) is 56.3 Å². The van der Waals surface area contributed by atoms with E-state index in [1.165, 1.54) is 6.07 Å². The summed E-state index contributed by atoms with van der Waals surface area (Å²) in [5.74, 6) is 1.37. The van der Waals surface area contributed by atoms with Gasteiger partial charge in [-0.25, -0.2) is 9.38 Å². The summed E-state index contributed by atoms with van der Waals surface area (Å²) < 4.78 is 19.3. The van der Waals surface area contributed by atoms with Crippen LogP contribution in [-0.2, 0) is 19.6 Å². The molecule has 0 fully saturated rings. The quantitative estimate of drug-likeness (QED) is 0.329. The lowest BCUT2D eigenvalue weighted by Gasteiger charge is -2.14. The van der Waals surface area contributed by atoms with Crippen molar-refractivity contribution in [3.05, 3.63) is 65.0 Å². The Labute approximate surface area is 184 Å². The molecular formula is C21H30FIN4O. The molecule has 0 bridgehead atoms. The van der Waals surface area contributed by atoms with E-state index in [0.717, 1.165) is 23.4 Å². The molecule has 0 spiro atoms. The first-order valence-electron chi connectivity index (χ1n) is 9.09. The number of nitrogens with one attached hydrogen (secondary N) is 2. The van der Waals surface area contributed by atoms with Gasteiger partial charge in [0.05, 0.1) is 13.7 Å². The van der Waals surface area contributed by atoms with Gasteiger partial charge < -0.3 is 20.3 Å². The van der Waals surface area contributed by atoms with Gasteiger partial charge in [-0.05, 0) is 44.8 Å². The van der Waals surface area contributed by atoms with Gasteiger partial charge in [0.15, 0.2) is 5.96 Å². The maximum Gasteiger partial charge on any atom is 0.191 e. The first kappa shape index (κ1) is 24.2. The summed E-state index contributed by atoms with van der Waals surface area (Å²) in [5, 5.41) is 6.55. The van der Waals surface area contributed by atoms with Crippen molar-refractivity contribution in [2.24, 2.45) is 4.99 Å². The zero-order valence-electron chi connectivity index (χ0n) is 17.0. The fraction of sp³-hybridized carbons (Fsp3) is 0.381. The molecule has 2 aromatic carbocycles. The standard InChI is InChI=1S/C21H29FN4O.HI/c1-5-23-21(25-14-17-8-6-7-9-20(17)27-4)24-13-16-10-11-19(22)18(12-16)15-26(2)3;/h6-12H,5,13-15H2,1-4H3,(H2,23,24,25);1H. The van der Waals surface area contributed by atoms with Gasteiger partial charge in [0.2, 0.25) is 0 Å². The highest BCUT2D eigenvalue weighted by Crippen LogP contribution is 2.17. The summed E-state index contributed by atoms with van der Waals surface area (Å²) in [6, 6.07) is 13.0. The van der Waals surface area contributed by atoms with Gasteiger partial charge in [-0.2, -0.15) is 0 Å². The predicted molar refractivity (Wildman–Crippen MR) is 124 cm³/mol. The Morgan fingerprint density at radius 1 is 1.11 bits per heavy atom. The van der Waals surface area contributed by atoms with Crippen molar-refractivity contribution in [1.82, 2.24) is 15.5 Å². The van der Waals surface area contributed by atoms with Crippen LogP contribution in [0, 0.1) is 5.82 Å². The number of aliphatic imine (C=N–C) groups is 1. The molecule has 0 saturated heterocycles. The molecule has 0 unspecified atom stereocenters. The van der Waals surface area contributed by atoms with Gasteiger partial charge in [0.1, 0.15) is 11.6 Å². The number of guanidine groups is 1. The van der Waals surface area contributed by atoms with E-state index >= 15 is 0 Å². The maximum atomic E-state index is 13.9. The van der Waals surface area contributed by atoms with Crippen molar-refractivity contribution in [2.45, 2.75) is 26.6 Å². The minimum Gasteiger partial charge on any atom is -0.496 e. The highest BCUT2D eigenvalue weighted by atomic mass is 127. The van der Waals surface area contributed by atoms with Crippen LogP contribution in [0.2, 0.25) is 0 Å². The lowest BCUT2D eigenvalue weighted by atomic mass is 10.1. The number of ether oxygens (including phenoxy) is 1. The number of para-hydroxylation sites is 1. The maximum absolute atomic E-state index is 13.9. The molecule has 0 aliphatic carbocycles. The Morgan fingerprint density at radius 2 is 1.86 bits per heavy atom. The van der Waals surface area contributed by atoms with Gasteiger partial charge in [-0.15, -0.1) is 24.0 Å². The molecule has 0 aromatic heterocycles. The summed E-state index contributed by atoms with van der Waals surface area (Å²) in [6.07, 6.45) is 0. The van der Waals surface area contributed by atoms with Crippen molar-refractivity contribution < 1.29 is 9.13 Å². The Morgan fingerprint density at radius 3 is 2.54 bits per heavy atom. The highest BCUT2D eigenvalue weighted by Gasteiger charge is 2.06. The van der Waals surface area contributed by atoms with Crippen LogP contribution in [0.3, 0.4) is 0 Å². The van der Waals surface area contributed by atoms with Crippen LogP contribution in [0.5, 0.6) is 5.75 Å². The fourth-order valence-corrected chi connectivity index (χ4v) is 2.73. The minimum atomic E-state index is -0.183. The zero-order chi connectivity index (χ0) is 19.6. The first-order chi connectivity index (χ1) is 13.0. The molecule has 2 aromatic rings. The Bertz CT molecular complexity index is 768. The molecule has 2 N–H and O–H groups in total. The summed E-state index contributed by atoms with van der Waals surface area (Å²) >= 11 is 0. The molecule has 0 amide bonds. The second kappa shape index (κ2) is 12.6. The van der Waals surface area contributed by atoms with Crippen LogP contribution in [0.15, 0.2) is 47.5 Å². The van der Waals surface area contributed by atoms with Crippen molar-refractivity contribution in [3.8, 4) is 5.75 Å². The third-order valence-electron chi connectivity index (χ3n) is 4.00. The average molecular weight is 500 g/mol. The molecule has 0 heterocycles. The predicted octanol–water partition coefficient (Wildman–Crippen LogP) is 3.77. The molecule has 0 saturated carbocycles. The van der Waals surface area contributed by atoms with Gasteiger partial charge in [0.25, 0.3) is 0 Å². The van der Waals surface area contributed by atoms with Crippen molar-refractivity contribution in [3.63, 3.8) is 0 Å². The summed E-state index contributed by atoms with van der Waals surface area (Å²) in [6.45, 7) is 4.42. The lowest BCUT2D eigenvalue weighted by molar-refractivity contribution is 0.392. The number of methoxy groups -OCH3 is 1. The topological polar surface area (TPSA) is 48.9 Å². The molecular weight excluding hydrogens is 470 g/mol. The van der Waals surface area contributed by atoms with E-state index in [1.54, 1.807) is 13.2 Å². The number of benzene rings is 2. The molecule has 7 heteroatoms. The molecule has 0 atom stereocenters. The van der Waals surface area contributed by atoms with E-state index in [4.69, 9.17) is 4.74 Å². The number of hydrogen-bond donors (Lipinski definition) is 2. The van der Waals surface area contributed by atoms with Gasteiger partial charge in [-0.3, -0.25) is 0 Å². The number of hydrogen-bond acceptors (Lipinski definition) is 3.